The molecule has 0 spiro atoms. The van der Waals surface area contributed by atoms with Gasteiger partial charge in [-0.25, -0.2) is 0 Å². The largest absolute Gasteiger partial charge is 0.394 e. The van der Waals surface area contributed by atoms with Gasteiger partial charge in [0.1, 0.15) is 0 Å². The molecule has 0 rings (SSSR count). The minimum absolute atomic E-state index is 0.0773. The summed E-state index contributed by atoms with van der Waals surface area (Å²) < 4.78 is 0. The van der Waals surface area contributed by atoms with Crippen LogP contribution in [-0.4, -0.2) is 34.9 Å². The summed E-state index contributed by atoms with van der Waals surface area (Å²) >= 11 is 0. The zero-order valence-electron chi connectivity index (χ0n) is 42.0. The second-order valence-corrected chi connectivity index (χ2v) is 17.9. The van der Waals surface area contributed by atoms with Crippen molar-refractivity contribution in [1.82, 2.24) is 5.32 Å². The van der Waals surface area contributed by atoms with Crippen molar-refractivity contribution in [2.24, 2.45) is 0 Å². The Balaban J connectivity index is 3.55. The molecule has 4 heteroatoms. The van der Waals surface area contributed by atoms with E-state index >= 15 is 0 Å². The quantitative estimate of drug-likeness (QED) is 0.0421. The Labute approximate surface area is 397 Å². The van der Waals surface area contributed by atoms with Crippen molar-refractivity contribution in [2.75, 3.05) is 6.61 Å². The molecule has 366 valence electrons. The van der Waals surface area contributed by atoms with E-state index in [4.69, 9.17) is 0 Å². The fourth-order valence-electron chi connectivity index (χ4n) is 7.65. The molecule has 0 aliphatic rings. The lowest BCUT2D eigenvalue weighted by Gasteiger charge is -2.19. The Morgan fingerprint density at radius 1 is 0.391 bits per heavy atom. The number of carbonyl (C=O) groups excluding carboxylic acids is 1. The predicted molar refractivity (Wildman–Crippen MR) is 285 cm³/mol. The smallest absolute Gasteiger partial charge is 0.220 e. The zero-order chi connectivity index (χ0) is 46.3. The molecule has 0 saturated carbocycles. The van der Waals surface area contributed by atoms with E-state index in [0.717, 1.165) is 77.0 Å². The van der Waals surface area contributed by atoms with Crippen molar-refractivity contribution < 1.29 is 15.0 Å². The van der Waals surface area contributed by atoms with Gasteiger partial charge in [0.2, 0.25) is 5.91 Å². The summed E-state index contributed by atoms with van der Waals surface area (Å²) in [5, 5.41) is 23.1. The van der Waals surface area contributed by atoms with Crippen molar-refractivity contribution in [2.45, 2.75) is 257 Å². The summed E-state index contributed by atoms with van der Waals surface area (Å²) in [5.74, 6) is -0.0773. The first kappa shape index (κ1) is 61.0. The predicted octanol–water partition coefficient (Wildman–Crippen LogP) is 17.9. The first-order valence-electron chi connectivity index (χ1n) is 27.1. The van der Waals surface area contributed by atoms with Crippen molar-refractivity contribution in [3.05, 3.63) is 109 Å². The van der Waals surface area contributed by atoms with E-state index in [9.17, 15) is 15.0 Å². The van der Waals surface area contributed by atoms with Crippen molar-refractivity contribution in [1.29, 1.82) is 0 Å². The Bertz CT molecular complexity index is 1230. The molecule has 4 nitrogen and oxygen atoms in total. The zero-order valence-corrected chi connectivity index (χ0v) is 42.0. The number of unbranched alkanes of at least 4 members (excludes halogenated alkanes) is 25. The van der Waals surface area contributed by atoms with Gasteiger partial charge in [-0.1, -0.05) is 258 Å². The number of aliphatic hydroxyl groups excluding tert-OH is 2. The second kappa shape index (κ2) is 54.4. The van der Waals surface area contributed by atoms with Crippen LogP contribution in [0.2, 0.25) is 0 Å². The van der Waals surface area contributed by atoms with Crippen LogP contribution >= 0.6 is 0 Å². The monoisotopic (exact) mass is 886 g/mol. The van der Waals surface area contributed by atoms with E-state index in [1.807, 2.05) is 6.08 Å². The summed E-state index contributed by atoms with van der Waals surface area (Å²) in [5.41, 5.74) is 0. The summed E-state index contributed by atoms with van der Waals surface area (Å²) in [6.45, 7) is 4.18. The fourth-order valence-corrected chi connectivity index (χ4v) is 7.65. The number of hydrogen-bond acceptors (Lipinski definition) is 3. The maximum atomic E-state index is 12.4. The minimum atomic E-state index is -0.867. The molecule has 3 N–H and O–H groups in total. The molecular formula is C60H103NO3. The van der Waals surface area contributed by atoms with Gasteiger partial charge in [-0.05, 0) is 89.9 Å². The highest BCUT2D eigenvalue weighted by molar-refractivity contribution is 5.76. The summed E-state index contributed by atoms with van der Waals surface area (Å²) in [6, 6.07) is -0.644. The molecule has 0 radical (unpaired) electrons. The Morgan fingerprint density at radius 3 is 1.09 bits per heavy atom. The number of nitrogens with one attached hydrogen (secondary N) is 1. The molecule has 0 aromatic carbocycles. The number of amides is 1. The third kappa shape index (κ3) is 50.1. The van der Waals surface area contributed by atoms with Crippen LogP contribution in [-0.2, 0) is 4.79 Å². The number of carbonyl (C=O) groups is 1. The number of aliphatic hydroxyl groups is 2. The van der Waals surface area contributed by atoms with E-state index in [1.165, 1.54) is 148 Å². The fraction of sp³-hybridized carbons (Fsp3) is 0.683. The van der Waals surface area contributed by atoms with Gasteiger partial charge in [0.25, 0.3) is 0 Å². The average molecular weight is 886 g/mol. The highest BCUT2D eigenvalue weighted by Gasteiger charge is 2.17. The first-order chi connectivity index (χ1) is 31.7. The molecule has 0 aliphatic carbocycles. The molecule has 64 heavy (non-hydrogen) atoms. The Kier molecular flexibility index (Phi) is 51.9. The van der Waals surface area contributed by atoms with Crippen LogP contribution in [0.25, 0.3) is 0 Å². The van der Waals surface area contributed by atoms with Gasteiger partial charge in [-0.15, -0.1) is 0 Å². The van der Waals surface area contributed by atoms with Gasteiger partial charge < -0.3 is 15.5 Å². The molecule has 0 saturated heterocycles. The molecule has 0 heterocycles. The van der Waals surface area contributed by atoms with Gasteiger partial charge >= 0.3 is 0 Å². The molecule has 0 aromatic rings. The summed E-state index contributed by atoms with van der Waals surface area (Å²) in [7, 11) is 0. The lowest BCUT2D eigenvalue weighted by molar-refractivity contribution is -0.123. The number of rotatable bonds is 48. The topological polar surface area (TPSA) is 69.6 Å². The van der Waals surface area contributed by atoms with Gasteiger partial charge in [0, 0.05) is 6.42 Å². The van der Waals surface area contributed by atoms with E-state index in [0.29, 0.717) is 6.42 Å². The average Bonchev–Trinajstić information content (AvgIpc) is 3.30. The van der Waals surface area contributed by atoms with Gasteiger partial charge in [0.15, 0.2) is 0 Å². The summed E-state index contributed by atoms with van der Waals surface area (Å²) in [4.78, 5) is 12.4. The van der Waals surface area contributed by atoms with Crippen LogP contribution < -0.4 is 5.32 Å². The Morgan fingerprint density at radius 2 is 0.703 bits per heavy atom. The SMILES string of the molecule is CC/C=C\C/C=C\C/C=C\C/C=C\C/C=C\C/C=C\C/C=C\CCCCCCCCCCCCCCCCCC(=O)NC(CO)C(O)/C=C/CC/C=C/CCCCCCCCCCC. The molecule has 0 fully saturated rings. The van der Waals surface area contributed by atoms with Crippen LogP contribution in [0.4, 0.5) is 0 Å². The number of allylic oxidation sites excluding steroid dienone is 17. The van der Waals surface area contributed by atoms with Crippen LogP contribution in [0.3, 0.4) is 0 Å². The van der Waals surface area contributed by atoms with E-state index < -0.39 is 12.1 Å². The molecular weight excluding hydrogens is 783 g/mol. The third-order valence-electron chi connectivity index (χ3n) is 11.7. The maximum Gasteiger partial charge on any atom is 0.220 e. The highest BCUT2D eigenvalue weighted by atomic mass is 16.3. The second-order valence-electron chi connectivity index (χ2n) is 17.9. The molecule has 1 amide bonds. The van der Waals surface area contributed by atoms with Gasteiger partial charge in [0.05, 0.1) is 18.8 Å². The molecule has 2 atom stereocenters. The van der Waals surface area contributed by atoms with Crippen LogP contribution in [0.5, 0.6) is 0 Å². The minimum Gasteiger partial charge on any atom is -0.394 e. The van der Waals surface area contributed by atoms with Crippen LogP contribution in [0.1, 0.15) is 245 Å². The van der Waals surface area contributed by atoms with E-state index in [1.54, 1.807) is 6.08 Å². The van der Waals surface area contributed by atoms with Crippen molar-refractivity contribution in [3.63, 3.8) is 0 Å². The van der Waals surface area contributed by atoms with E-state index in [2.05, 4.69) is 116 Å². The molecule has 0 bridgehead atoms. The van der Waals surface area contributed by atoms with Crippen LogP contribution in [0.15, 0.2) is 109 Å². The lowest BCUT2D eigenvalue weighted by Crippen LogP contribution is -2.45. The molecule has 2 unspecified atom stereocenters. The molecule has 0 aromatic heterocycles. The highest BCUT2D eigenvalue weighted by Crippen LogP contribution is 2.15. The molecule has 0 aliphatic heterocycles. The third-order valence-corrected chi connectivity index (χ3v) is 11.7. The van der Waals surface area contributed by atoms with Crippen molar-refractivity contribution in [3.8, 4) is 0 Å². The van der Waals surface area contributed by atoms with E-state index in [-0.39, 0.29) is 12.5 Å². The van der Waals surface area contributed by atoms with Crippen LogP contribution in [0, 0.1) is 0 Å². The summed E-state index contributed by atoms with van der Waals surface area (Å²) in [6.07, 6.45) is 82.4. The number of hydrogen-bond donors (Lipinski definition) is 3. The van der Waals surface area contributed by atoms with Gasteiger partial charge in [-0.2, -0.15) is 0 Å². The van der Waals surface area contributed by atoms with Crippen molar-refractivity contribution >= 4 is 5.91 Å². The maximum absolute atomic E-state index is 12.4. The Hall–Kier alpha value is -2.95. The first-order valence-corrected chi connectivity index (χ1v) is 27.1. The lowest BCUT2D eigenvalue weighted by atomic mass is 10.0. The normalized spacial score (nSPS) is 13.8. The standard InChI is InChI=1S/C60H103NO3/c1-3-5-7-9-11-13-15-17-19-20-21-22-23-24-25-26-27-28-29-30-31-32-33-34-35-36-37-38-39-40-42-44-46-48-50-52-54-56-60(64)61-58(57-62)59(63)55-53-51-49-47-45-43-41-18-16-14-12-10-8-6-4-2/h5,7,11,13,17,19,21-22,24-25,27-28,30-31,45,47,53,55,58-59,62-63H,3-4,6,8-10,12,14-16,18,20,23,26,29,32-44,46,48-52,54,56-57H2,1-2H3,(H,61,64)/b7-5-,13-11-,19-17-,22-21-,25-24-,28-27-,31-30-,47-45+,55-53+. The van der Waals surface area contributed by atoms with Gasteiger partial charge in [-0.3, -0.25) is 4.79 Å².